The van der Waals surface area contributed by atoms with Crippen molar-refractivity contribution < 1.29 is 9.84 Å². The molecule has 0 saturated carbocycles. The van der Waals surface area contributed by atoms with Gasteiger partial charge in [0, 0.05) is 45.4 Å². The molecular formula is C13H28N2O2. The lowest BCUT2D eigenvalue weighted by atomic mass is 10.2. The molecule has 1 aliphatic heterocycles. The van der Waals surface area contributed by atoms with Gasteiger partial charge >= 0.3 is 0 Å². The van der Waals surface area contributed by atoms with Crippen LogP contribution in [-0.4, -0.2) is 73.0 Å². The molecule has 4 heteroatoms. The number of aliphatic hydroxyl groups excluding tert-OH is 1. The molecule has 0 aliphatic carbocycles. The van der Waals surface area contributed by atoms with Crippen molar-refractivity contribution in [2.45, 2.75) is 39.3 Å². The van der Waals surface area contributed by atoms with E-state index < -0.39 is 0 Å². The molecule has 102 valence electrons. The molecule has 0 aromatic carbocycles. The van der Waals surface area contributed by atoms with Crippen LogP contribution in [0.1, 0.15) is 27.2 Å². The molecule has 17 heavy (non-hydrogen) atoms. The van der Waals surface area contributed by atoms with Gasteiger partial charge in [0.1, 0.15) is 0 Å². The zero-order valence-corrected chi connectivity index (χ0v) is 11.6. The first-order chi connectivity index (χ1) is 8.13. The van der Waals surface area contributed by atoms with Crippen LogP contribution in [0.15, 0.2) is 0 Å². The molecule has 1 aliphatic rings. The summed E-state index contributed by atoms with van der Waals surface area (Å²) < 4.78 is 5.36. The van der Waals surface area contributed by atoms with Crippen LogP contribution in [0.5, 0.6) is 0 Å². The molecule has 1 N–H and O–H groups in total. The fraction of sp³-hybridized carbons (Fsp3) is 1.00. The van der Waals surface area contributed by atoms with Crippen LogP contribution in [-0.2, 0) is 4.74 Å². The quantitative estimate of drug-likeness (QED) is 0.672. The van der Waals surface area contributed by atoms with Gasteiger partial charge in [-0.1, -0.05) is 6.92 Å². The van der Waals surface area contributed by atoms with Crippen molar-refractivity contribution in [2.75, 3.05) is 45.9 Å². The number of aliphatic hydroxyl groups is 1. The average molecular weight is 244 g/mol. The number of hydrogen-bond donors (Lipinski definition) is 1. The SMILES string of the molecule is CCCOC[C@@H](O)CN1CCN(C(C)C)CC1. The number of β-amino-alcohol motifs (C(OH)–C–C–N with tert-alkyl or cyclic N) is 1. The fourth-order valence-electron chi connectivity index (χ4n) is 2.18. The lowest BCUT2D eigenvalue weighted by Crippen LogP contribution is -2.50. The van der Waals surface area contributed by atoms with Gasteiger partial charge in [-0.15, -0.1) is 0 Å². The van der Waals surface area contributed by atoms with E-state index in [9.17, 15) is 5.11 Å². The van der Waals surface area contributed by atoms with E-state index in [1.165, 1.54) is 0 Å². The smallest absolute Gasteiger partial charge is 0.0900 e. The Labute approximate surface area is 106 Å². The summed E-state index contributed by atoms with van der Waals surface area (Å²) in [6.45, 7) is 12.9. The second-order valence-electron chi connectivity index (χ2n) is 5.16. The van der Waals surface area contributed by atoms with Crippen LogP contribution in [0.3, 0.4) is 0 Å². The van der Waals surface area contributed by atoms with Crippen molar-refractivity contribution in [1.29, 1.82) is 0 Å². The molecule has 1 atom stereocenters. The standard InChI is InChI=1S/C13H28N2O2/c1-4-9-17-11-13(16)10-14-5-7-15(8-6-14)12(2)3/h12-13,16H,4-11H2,1-3H3/t13-/m0/s1. The number of ether oxygens (including phenoxy) is 1. The highest BCUT2D eigenvalue weighted by atomic mass is 16.5. The Morgan fingerprint density at radius 3 is 2.35 bits per heavy atom. The second-order valence-corrected chi connectivity index (χ2v) is 5.16. The van der Waals surface area contributed by atoms with E-state index in [1.807, 2.05) is 0 Å². The molecule has 1 heterocycles. The van der Waals surface area contributed by atoms with Gasteiger partial charge in [0.05, 0.1) is 12.7 Å². The fourth-order valence-corrected chi connectivity index (χ4v) is 2.18. The van der Waals surface area contributed by atoms with E-state index in [0.29, 0.717) is 12.6 Å². The van der Waals surface area contributed by atoms with Crippen LogP contribution in [0.4, 0.5) is 0 Å². The monoisotopic (exact) mass is 244 g/mol. The number of nitrogens with zero attached hydrogens (tertiary/aromatic N) is 2. The lowest BCUT2D eigenvalue weighted by molar-refractivity contribution is 0.00492. The summed E-state index contributed by atoms with van der Waals surface area (Å²) in [5, 5.41) is 9.82. The summed E-state index contributed by atoms with van der Waals surface area (Å²) >= 11 is 0. The first-order valence-corrected chi connectivity index (χ1v) is 6.85. The van der Waals surface area contributed by atoms with Crippen molar-refractivity contribution in [1.82, 2.24) is 9.80 Å². The highest BCUT2D eigenvalue weighted by molar-refractivity contribution is 4.75. The van der Waals surface area contributed by atoms with Crippen LogP contribution in [0.2, 0.25) is 0 Å². The first-order valence-electron chi connectivity index (χ1n) is 6.85. The van der Waals surface area contributed by atoms with Gasteiger partial charge in [0.15, 0.2) is 0 Å². The Bertz CT molecular complexity index is 192. The highest BCUT2D eigenvalue weighted by Gasteiger charge is 2.20. The third-order valence-electron chi connectivity index (χ3n) is 3.26. The third kappa shape index (κ3) is 5.82. The maximum atomic E-state index is 9.82. The molecule has 0 spiro atoms. The minimum Gasteiger partial charge on any atom is -0.389 e. The maximum absolute atomic E-state index is 9.82. The molecule has 0 radical (unpaired) electrons. The van der Waals surface area contributed by atoms with E-state index >= 15 is 0 Å². The third-order valence-corrected chi connectivity index (χ3v) is 3.26. The number of hydrogen-bond acceptors (Lipinski definition) is 4. The molecular weight excluding hydrogens is 216 g/mol. The van der Waals surface area contributed by atoms with Gasteiger partial charge in [-0.05, 0) is 20.3 Å². The molecule has 4 nitrogen and oxygen atoms in total. The molecule has 1 fully saturated rings. The predicted octanol–water partition coefficient (Wildman–Crippen LogP) is 0.800. The Morgan fingerprint density at radius 2 is 1.82 bits per heavy atom. The molecule has 0 amide bonds. The Hall–Kier alpha value is -0.160. The Morgan fingerprint density at radius 1 is 1.18 bits per heavy atom. The summed E-state index contributed by atoms with van der Waals surface area (Å²) in [5.74, 6) is 0. The Kier molecular flexibility index (Phi) is 7.04. The van der Waals surface area contributed by atoms with Gasteiger partial charge in [-0.2, -0.15) is 0 Å². The maximum Gasteiger partial charge on any atom is 0.0900 e. The summed E-state index contributed by atoms with van der Waals surface area (Å²) in [6, 6.07) is 0.634. The van der Waals surface area contributed by atoms with Crippen molar-refractivity contribution in [2.24, 2.45) is 0 Å². The van der Waals surface area contributed by atoms with Gasteiger partial charge in [-0.3, -0.25) is 9.80 Å². The van der Waals surface area contributed by atoms with Crippen LogP contribution < -0.4 is 0 Å². The van der Waals surface area contributed by atoms with Crippen molar-refractivity contribution in [3.05, 3.63) is 0 Å². The van der Waals surface area contributed by atoms with Crippen molar-refractivity contribution in [3.8, 4) is 0 Å². The van der Waals surface area contributed by atoms with E-state index in [0.717, 1.165) is 45.8 Å². The Balaban J connectivity index is 2.12. The highest BCUT2D eigenvalue weighted by Crippen LogP contribution is 2.06. The second kappa shape index (κ2) is 8.03. The molecule has 0 aromatic rings. The molecule has 0 bridgehead atoms. The summed E-state index contributed by atoms with van der Waals surface area (Å²) in [7, 11) is 0. The summed E-state index contributed by atoms with van der Waals surface area (Å²) in [5.41, 5.74) is 0. The largest absolute Gasteiger partial charge is 0.389 e. The van der Waals surface area contributed by atoms with Crippen LogP contribution in [0, 0.1) is 0 Å². The predicted molar refractivity (Wildman–Crippen MR) is 70.3 cm³/mol. The minimum absolute atomic E-state index is 0.341. The summed E-state index contributed by atoms with van der Waals surface area (Å²) in [4.78, 5) is 4.81. The van der Waals surface area contributed by atoms with E-state index in [2.05, 4.69) is 30.6 Å². The number of rotatable bonds is 7. The van der Waals surface area contributed by atoms with Gasteiger partial charge in [0.2, 0.25) is 0 Å². The van der Waals surface area contributed by atoms with Crippen LogP contribution >= 0.6 is 0 Å². The lowest BCUT2D eigenvalue weighted by Gasteiger charge is -2.37. The van der Waals surface area contributed by atoms with Crippen molar-refractivity contribution >= 4 is 0 Å². The number of piperazine rings is 1. The van der Waals surface area contributed by atoms with Gasteiger partial charge in [-0.25, -0.2) is 0 Å². The zero-order valence-electron chi connectivity index (χ0n) is 11.6. The van der Waals surface area contributed by atoms with E-state index in [1.54, 1.807) is 0 Å². The van der Waals surface area contributed by atoms with Crippen LogP contribution in [0.25, 0.3) is 0 Å². The normalized spacial score (nSPS) is 21.0. The topological polar surface area (TPSA) is 35.9 Å². The van der Waals surface area contributed by atoms with Gasteiger partial charge in [0.25, 0.3) is 0 Å². The summed E-state index contributed by atoms with van der Waals surface area (Å²) in [6.07, 6.45) is 0.673. The van der Waals surface area contributed by atoms with E-state index in [-0.39, 0.29) is 6.10 Å². The zero-order chi connectivity index (χ0) is 12.7. The molecule has 0 aromatic heterocycles. The molecule has 0 unspecified atom stereocenters. The van der Waals surface area contributed by atoms with E-state index in [4.69, 9.17) is 4.74 Å². The first kappa shape index (κ1) is 14.9. The van der Waals surface area contributed by atoms with Crippen molar-refractivity contribution in [3.63, 3.8) is 0 Å². The molecule has 1 saturated heterocycles. The minimum atomic E-state index is -0.341. The van der Waals surface area contributed by atoms with Gasteiger partial charge < -0.3 is 9.84 Å². The molecule has 1 rings (SSSR count). The average Bonchev–Trinajstić information content (AvgIpc) is 2.30.